The second kappa shape index (κ2) is 7.27. The summed E-state index contributed by atoms with van der Waals surface area (Å²) < 4.78 is 29.2. The second-order valence-electron chi connectivity index (χ2n) is 6.37. The Labute approximate surface area is 148 Å². The third kappa shape index (κ3) is 3.61. The van der Waals surface area contributed by atoms with Crippen LogP contribution in [-0.4, -0.2) is 41.4 Å². The molecule has 1 saturated heterocycles. The highest BCUT2D eigenvalue weighted by molar-refractivity contribution is 6.09. The predicted octanol–water partition coefficient (Wildman–Crippen LogP) is 1.77. The summed E-state index contributed by atoms with van der Waals surface area (Å²) in [6.45, 7) is -3.44. The SMILES string of the molecule is O=C(CN1C(=O)NC2(CCCC2)C1=O)NCc1ccccc1OC(F)F. The zero-order valence-corrected chi connectivity index (χ0v) is 14.0. The Balaban J connectivity index is 1.58. The van der Waals surface area contributed by atoms with E-state index in [0.29, 0.717) is 18.4 Å². The van der Waals surface area contributed by atoms with Crippen molar-refractivity contribution >= 4 is 17.8 Å². The van der Waals surface area contributed by atoms with Gasteiger partial charge in [0.2, 0.25) is 5.91 Å². The van der Waals surface area contributed by atoms with E-state index in [2.05, 4.69) is 15.4 Å². The van der Waals surface area contributed by atoms with Gasteiger partial charge in [0, 0.05) is 12.1 Å². The van der Waals surface area contributed by atoms with Crippen LogP contribution < -0.4 is 15.4 Å². The smallest absolute Gasteiger partial charge is 0.387 e. The van der Waals surface area contributed by atoms with Gasteiger partial charge in [-0.1, -0.05) is 31.0 Å². The van der Waals surface area contributed by atoms with Gasteiger partial charge >= 0.3 is 12.6 Å². The molecule has 3 rings (SSSR count). The van der Waals surface area contributed by atoms with Crippen molar-refractivity contribution in [1.29, 1.82) is 0 Å². The molecule has 0 atom stereocenters. The molecule has 0 unspecified atom stereocenters. The molecule has 4 amide bonds. The Kier molecular flexibility index (Phi) is 5.06. The summed E-state index contributed by atoms with van der Waals surface area (Å²) in [5.74, 6) is -0.977. The number of amides is 4. The lowest BCUT2D eigenvalue weighted by Gasteiger charge is -2.19. The van der Waals surface area contributed by atoms with Crippen molar-refractivity contribution in [2.75, 3.05) is 6.54 Å². The average molecular weight is 367 g/mol. The number of alkyl halides is 2. The van der Waals surface area contributed by atoms with Crippen LogP contribution in [0.2, 0.25) is 0 Å². The molecule has 0 radical (unpaired) electrons. The van der Waals surface area contributed by atoms with E-state index in [1.165, 1.54) is 12.1 Å². The molecule has 2 N–H and O–H groups in total. The minimum Gasteiger partial charge on any atom is -0.434 e. The highest BCUT2D eigenvalue weighted by atomic mass is 19.3. The van der Waals surface area contributed by atoms with E-state index in [-0.39, 0.29) is 18.2 Å². The molecule has 1 aliphatic heterocycles. The largest absolute Gasteiger partial charge is 0.434 e. The van der Waals surface area contributed by atoms with Crippen molar-refractivity contribution in [3.63, 3.8) is 0 Å². The van der Waals surface area contributed by atoms with E-state index in [1.807, 2.05) is 0 Å². The molecule has 0 aromatic heterocycles. The molecule has 1 aromatic rings. The lowest BCUT2D eigenvalue weighted by molar-refractivity contribution is -0.134. The van der Waals surface area contributed by atoms with Crippen molar-refractivity contribution < 1.29 is 27.9 Å². The minimum absolute atomic E-state index is 0.0392. The maximum absolute atomic E-state index is 12.5. The summed E-state index contributed by atoms with van der Waals surface area (Å²) in [4.78, 5) is 37.6. The molecule has 2 fully saturated rings. The van der Waals surface area contributed by atoms with Crippen LogP contribution in [0.15, 0.2) is 24.3 Å². The van der Waals surface area contributed by atoms with Crippen LogP contribution >= 0.6 is 0 Å². The van der Waals surface area contributed by atoms with E-state index in [4.69, 9.17) is 0 Å². The van der Waals surface area contributed by atoms with Crippen LogP contribution in [0.1, 0.15) is 31.2 Å². The van der Waals surface area contributed by atoms with Crippen molar-refractivity contribution in [3.05, 3.63) is 29.8 Å². The van der Waals surface area contributed by atoms with Gasteiger partial charge in [0.05, 0.1) is 0 Å². The Morgan fingerprint density at radius 1 is 1.27 bits per heavy atom. The van der Waals surface area contributed by atoms with Crippen molar-refractivity contribution in [1.82, 2.24) is 15.5 Å². The Morgan fingerprint density at radius 2 is 1.96 bits per heavy atom. The molecule has 140 valence electrons. The Morgan fingerprint density at radius 3 is 2.65 bits per heavy atom. The van der Waals surface area contributed by atoms with E-state index in [1.54, 1.807) is 12.1 Å². The zero-order chi connectivity index (χ0) is 18.7. The maximum Gasteiger partial charge on any atom is 0.387 e. The number of carbonyl (C=O) groups excluding carboxylic acids is 3. The van der Waals surface area contributed by atoms with Crippen LogP contribution in [0.3, 0.4) is 0 Å². The van der Waals surface area contributed by atoms with Gasteiger partial charge in [-0.05, 0) is 18.9 Å². The summed E-state index contributed by atoms with van der Waals surface area (Å²) in [5.41, 5.74) is -0.500. The first-order valence-corrected chi connectivity index (χ1v) is 8.35. The number of rotatable bonds is 6. The third-order valence-corrected chi connectivity index (χ3v) is 4.67. The number of halogens is 2. The van der Waals surface area contributed by atoms with E-state index in [0.717, 1.165) is 17.7 Å². The molecular formula is C17H19F2N3O4. The number of para-hydroxylation sites is 1. The number of hydrogen-bond donors (Lipinski definition) is 2. The molecule has 1 aliphatic carbocycles. The first-order valence-electron chi connectivity index (χ1n) is 8.35. The number of nitrogens with one attached hydrogen (secondary N) is 2. The maximum atomic E-state index is 12.5. The predicted molar refractivity (Wildman–Crippen MR) is 86.4 cm³/mol. The number of imide groups is 1. The number of nitrogens with zero attached hydrogens (tertiary/aromatic N) is 1. The lowest BCUT2D eigenvalue weighted by atomic mass is 9.98. The summed E-state index contributed by atoms with van der Waals surface area (Å²) in [7, 11) is 0. The quantitative estimate of drug-likeness (QED) is 0.750. The van der Waals surface area contributed by atoms with E-state index >= 15 is 0 Å². The monoisotopic (exact) mass is 367 g/mol. The van der Waals surface area contributed by atoms with Gasteiger partial charge in [0.1, 0.15) is 17.8 Å². The van der Waals surface area contributed by atoms with Crippen LogP contribution in [0.25, 0.3) is 0 Å². The highest BCUT2D eigenvalue weighted by Gasteiger charge is 2.52. The molecule has 26 heavy (non-hydrogen) atoms. The molecule has 1 saturated carbocycles. The summed E-state index contributed by atoms with van der Waals surface area (Å²) in [6, 6.07) is 5.50. The van der Waals surface area contributed by atoms with Gasteiger partial charge in [0.25, 0.3) is 5.91 Å². The summed E-state index contributed by atoms with van der Waals surface area (Å²) in [6.07, 6.45) is 2.86. The normalized spacial score (nSPS) is 18.5. The lowest BCUT2D eigenvalue weighted by Crippen LogP contribution is -2.45. The van der Waals surface area contributed by atoms with E-state index < -0.39 is 30.6 Å². The van der Waals surface area contributed by atoms with Crippen molar-refractivity contribution in [3.8, 4) is 5.75 Å². The van der Waals surface area contributed by atoms with Crippen LogP contribution in [-0.2, 0) is 16.1 Å². The molecule has 1 aromatic carbocycles. The first kappa shape index (κ1) is 18.1. The highest BCUT2D eigenvalue weighted by Crippen LogP contribution is 2.34. The standard InChI is InChI=1S/C17H19F2N3O4/c18-15(19)26-12-6-2-1-5-11(12)9-20-13(23)10-22-14(24)17(21-16(22)25)7-3-4-8-17/h1-2,5-6,15H,3-4,7-10H2,(H,20,23)(H,21,25). The minimum atomic E-state index is -2.97. The average Bonchev–Trinajstić information content (AvgIpc) is 3.15. The van der Waals surface area contributed by atoms with Gasteiger partial charge in [-0.2, -0.15) is 8.78 Å². The fraction of sp³-hybridized carbons (Fsp3) is 0.471. The van der Waals surface area contributed by atoms with Gasteiger partial charge in [-0.3, -0.25) is 14.5 Å². The van der Waals surface area contributed by atoms with Crippen LogP contribution in [0.5, 0.6) is 5.75 Å². The fourth-order valence-electron chi connectivity index (χ4n) is 3.39. The molecule has 1 spiro atoms. The van der Waals surface area contributed by atoms with Crippen molar-refractivity contribution in [2.24, 2.45) is 0 Å². The van der Waals surface area contributed by atoms with Crippen LogP contribution in [0.4, 0.5) is 13.6 Å². The topological polar surface area (TPSA) is 87.7 Å². The van der Waals surface area contributed by atoms with Gasteiger partial charge in [0.15, 0.2) is 0 Å². The van der Waals surface area contributed by atoms with E-state index in [9.17, 15) is 23.2 Å². The number of carbonyl (C=O) groups is 3. The molecule has 0 bridgehead atoms. The summed E-state index contributed by atoms with van der Waals surface area (Å²) >= 11 is 0. The summed E-state index contributed by atoms with van der Waals surface area (Å²) in [5, 5.41) is 5.21. The third-order valence-electron chi connectivity index (χ3n) is 4.67. The fourth-order valence-corrected chi connectivity index (χ4v) is 3.39. The van der Waals surface area contributed by atoms with Crippen molar-refractivity contribution in [2.45, 2.75) is 44.4 Å². The number of benzene rings is 1. The molecule has 9 heteroatoms. The zero-order valence-electron chi connectivity index (χ0n) is 14.0. The first-order chi connectivity index (χ1) is 12.4. The number of urea groups is 1. The molecule has 1 heterocycles. The molecule has 7 nitrogen and oxygen atoms in total. The number of ether oxygens (including phenoxy) is 1. The second-order valence-corrected chi connectivity index (χ2v) is 6.37. The number of hydrogen-bond acceptors (Lipinski definition) is 4. The van der Waals surface area contributed by atoms with Gasteiger partial charge in [-0.15, -0.1) is 0 Å². The Hall–Kier alpha value is -2.71. The van der Waals surface area contributed by atoms with Gasteiger partial charge < -0.3 is 15.4 Å². The molecule has 2 aliphatic rings. The Bertz CT molecular complexity index is 720. The van der Waals surface area contributed by atoms with Gasteiger partial charge in [-0.25, -0.2) is 4.79 Å². The molecular weight excluding hydrogens is 348 g/mol. The van der Waals surface area contributed by atoms with Crippen LogP contribution in [0, 0.1) is 0 Å².